The summed E-state index contributed by atoms with van der Waals surface area (Å²) < 4.78 is 3.75. The van der Waals surface area contributed by atoms with Crippen LogP contribution >= 0.6 is 0 Å². The summed E-state index contributed by atoms with van der Waals surface area (Å²) in [6.07, 6.45) is 9.52. The number of aryl methyl sites for hydroxylation is 1. The maximum Gasteiger partial charge on any atom is 0.317 e. The van der Waals surface area contributed by atoms with E-state index in [1.807, 2.05) is 50.9 Å². The van der Waals surface area contributed by atoms with Crippen LogP contribution in [0.5, 0.6) is 0 Å². The molecule has 3 heterocycles. The molecule has 27 heavy (non-hydrogen) atoms. The zero-order valence-corrected chi connectivity index (χ0v) is 15.5. The second-order valence-electron chi connectivity index (χ2n) is 6.96. The normalized spacial score (nSPS) is 16.6. The Morgan fingerprint density at radius 1 is 1.26 bits per heavy atom. The molecule has 3 aromatic rings. The van der Waals surface area contributed by atoms with Crippen molar-refractivity contribution in [3.63, 3.8) is 0 Å². The molecule has 2 amide bonds. The lowest BCUT2D eigenvalue weighted by atomic mass is 10.2. The first-order valence-corrected chi connectivity index (χ1v) is 9.32. The van der Waals surface area contributed by atoms with Crippen LogP contribution in [-0.2, 0) is 13.1 Å². The SMILES string of the molecule is Cc1ccccc1-n1cc(CNC(=O)N2CCCC2Cn2cccn2)cn1. The van der Waals surface area contributed by atoms with Gasteiger partial charge in [0.25, 0.3) is 0 Å². The summed E-state index contributed by atoms with van der Waals surface area (Å²) in [6, 6.07) is 10.2. The number of likely N-dealkylation sites (tertiary alicyclic amines) is 1. The minimum Gasteiger partial charge on any atom is -0.334 e. The van der Waals surface area contributed by atoms with E-state index in [0.29, 0.717) is 6.54 Å². The molecule has 7 nitrogen and oxygen atoms in total. The quantitative estimate of drug-likeness (QED) is 0.757. The average Bonchev–Trinajstić information content (AvgIpc) is 3.43. The Balaban J connectivity index is 1.36. The number of amides is 2. The predicted octanol–water partition coefficient (Wildman–Crippen LogP) is 2.75. The van der Waals surface area contributed by atoms with Gasteiger partial charge in [-0.1, -0.05) is 18.2 Å². The van der Waals surface area contributed by atoms with Crippen LogP contribution in [-0.4, -0.2) is 43.1 Å². The molecule has 1 unspecified atom stereocenters. The number of carbonyl (C=O) groups is 1. The number of hydrogen-bond acceptors (Lipinski definition) is 3. The fourth-order valence-corrected chi connectivity index (χ4v) is 3.60. The largest absolute Gasteiger partial charge is 0.334 e. The molecule has 0 bridgehead atoms. The summed E-state index contributed by atoms with van der Waals surface area (Å²) in [7, 11) is 0. The Labute approximate surface area is 158 Å². The van der Waals surface area contributed by atoms with Crippen LogP contribution in [0.2, 0.25) is 0 Å². The highest BCUT2D eigenvalue weighted by Crippen LogP contribution is 2.19. The highest BCUT2D eigenvalue weighted by Gasteiger charge is 2.28. The predicted molar refractivity (Wildman–Crippen MR) is 102 cm³/mol. The lowest BCUT2D eigenvalue weighted by molar-refractivity contribution is 0.185. The minimum absolute atomic E-state index is 0.0201. The van der Waals surface area contributed by atoms with Gasteiger partial charge in [-0.2, -0.15) is 10.2 Å². The number of para-hydroxylation sites is 1. The maximum atomic E-state index is 12.6. The smallest absolute Gasteiger partial charge is 0.317 e. The molecule has 140 valence electrons. The highest BCUT2D eigenvalue weighted by atomic mass is 16.2. The summed E-state index contributed by atoms with van der Waals surface area (Å²) in [4.78, 5) is 14.6. The van der Waals surface area contributed by atoms with Crippen molar-refractivity contribution in [2.45, 2.75) is 38.9 Å². The number of nitrogens with zero attached hydrogens (tertiary/aromatic N) is 5. The van der Waals surface area contributed by atoms with Crippen molar-refractivity contribution in [1.29, 1.82) is 0 Å². The average molecular weight is 364 g/mol. The number of rotatable bonds is 5. The Hall–Kier alpha value is -3.09. The third kappa shape index (κ3) is 3.86. The first-order chi connectivity index (χ1) is 13.2. The van der Waals surface area contributed by atoms with Crippen molar-refractivity contribution in [1.82, 2.24) is 29.8 Å². The van der Waals surface area contributed by atoms with Gasteiger partial charge in [0, 0.05) is 37.2 Å². The molecule has 1 saturated heterocycles. The zero-order valence-electron chi connectivity index (χ0n) is 15.5. The van der Waals surface area contributed by atoms with E-state index in [0.717, 1.165) is 42.7 Å². The Morgan fingerprint density at radius 2 is 2.15 bits per heavy atom. The molecule has 1 atom stereocenters. The standard InChI is InChI=1S/C20H24N6O/c1-16-6-2-3-8-19(16)26-14-17(13-23-26)12-21-20(27)25-11-4-7-18(25)15-24-10-5-9-22-24/h2-3,5-6,8-10,13-14,18H,4,7,11-12,15H2,1H3,(H,21,27). The van der Waals surface area contributed by atoms with Crippen molar-refractivity contribution >= 4 is 6.03 Å². The Bertz CT molecular complexity index is 901. The van der Waals surface area contributed by atoms with Gasteiger partial charge >= 0.3 is 6.03 Å². The molecule has 1 aliphatic heterocycles. The first-order valence-electron chi connectivity index (χ1n) is 9.32. The maximum absolute atomic E-state index is 12.6. The number of urea groups is 1. The van der Waals surface area contributed by atoms with E-state index >= 15 is 0 Å². The van der Waals surface area contributed by atoms with Gasteiger partial charge in [0.15, 0.2) is 0 Å². The zero-order chi connectivity index (χ0) is 18.6. The van der Waals surface area contributed by atoms with Gasteiger partial charge in [0.05, 0.1) is 24.5 Å². The lowest BCUT2D eigenvalue weighted by Crippen LogP contribution is -2.44. The van der Waals surface area contributed by atoms with E-state index in [-0.39, 0.29) is 12.1 Å². The fraction of sp³-hybridized carbons (Fsp3) is 0.350. The lowest BCUT2D eigenvalue weighted by Gasteiger charge is -2.24. The first kappa shape index (κ1) is 17.3. The monoisotopic (exact) mass is 364 g/mol. The third-order valence-corrected chi connectivity index (χ3v) is 5.04. The van der Waals surface area contributed by atoms with Gasteiger partial charge in [-0.25, -0.2) is 9.48 Å². The molecular weight excluding hydrogens is 340 g/mol. The molecule has 0 radical (unpaired) electrons. The van der Waals surface area contributed by atoms with Gasteiger partial charge in [0.2, 0.25) is 0 Å². The summed E-state index contributed by atoms with van der Waals surface area (Å²) >= 11 is 0. The number of hydrogen-bond donors (Lipinski definition) is 1. The summed E-state index contributed by atoms with van der Waals surface area (Å²) in [5.74, 6) is 0. The highest BCUT2D eigenvalue weighted by molar-refractivity contribution is 5.74. The summed E-state index contributed by atoms with van der Waals surface area (Å²) in [5.41, 5.74) is 3.19. The van der Waals surface area contributed by atoms with Crippen molar-refractivity contribution in [3.05, 3.63) is 66.2 Å². The third-order valence-electron chi connectivity index (χ3n) is 5.04. The van der Waals surface area contributed by atoms with E-state index < -0.39 is 0 Å². The Kier molecular flexibility index (Phi) is 4.91. The van der Waals surface area contributed by atoms with Gasteiger partial charge in [-0.3, -0.25) is 4.68 Å². The van der Waals surface area contributed by atoms with Crippen molar-refractivity contribution in [3.8, 4) is 5.69 Å². The van der Waals surface area contributed by atoms with Crippen LogP contribution in [0.4, 0.5) is 4.79 Å². The van der Waals surface area contributed by atoms with Crippen LogP contribution in [0.1, 0.15) is 24.0 Å². The van der Waals surface area contributed by atoms with Gasteiger partial charge < -0.3 is 10.2 Å². The number of aromatic nitrogens is 4. The van der Waals surface area contributed by atoms with Crippen LogP contribution < -0.4 is 5.32 Å². The van der Waals surface area contributed by atoms with Gasteiger partial charge in [0.1, 0.15) is 0 Å². The van der Waals surface area contributed by atoms with E-state index in [1.54, 1.807) is 12.4 Å². The van der Waals surface area contributed by atoms with Crippen molar-refractivity contribution in [2.75, 3.05) is 6.54 Å². The van der Waals surface area contributed by atoms with E-state index in [9.17, 15) is 4.79 Å². The van der Waals surface area contributed by atoms with Gasteiger partial charge in [-0.05, 0) is 37.5 Å². The molecule has 0 aliphatic carbocycles. The van der Waals surface area contributed by atoms with Crippen LogP contribution in [0.15, 0.2) is 55.1 Å². The molecule has 1 N–H and O–H groups in total. The van der Waals surface area contributed by atoms with E-state index in [2.05, 4.69) is 28.5 Å². The summed E-state index contributed by atoms with van der Waals surface area (Å²) in [5, 5.41) is 11.7. The second kappa shape index (κ2) is 7.65. The minimum atomic E-state index is -0.0201. The Morgan fingerprint density at radius 3 is 2.96 bits per heavy atom. The molecule has 1 aromatic carbocycles. The van der Waals surface area contributed by atoms with Crippen LogP contribution in [0.3, 0.4) is 0 Å². The van der Waals surface area contributed by atoms with Gasteiger partial charge in [-0.15, -0.1) is 0 Å². The topological polar surface area (TPSA) is 68.0 Å². The molecule has 2 aromatic heterocycles. The molecule has 0 spiro atoms. The number of nitrogens with one attached hydrogen (secondary N) is 1. The second-order valence-corrected chi connectivity index (χ2v) is 6.96. The number of carbonyl (C=O) groups excluding carboxylic acids is 1. The van der Waals surface area contributed by atoms with Crippen LogP contribution in [0.25, 0.3) is 5.69 Å². The molecule has 1 fully saturated rings. The summed E-state index contributed by atoms with van der Waals surface area (Å²) in [6.45, 7) is 4.06. The van der Waals surface area contributed by atoms with Crippen LogP contribution in [0, 0.1) is 6.92 Å². The van der Waals surface area contributed by atoms with E-state index in [4.69, 9.17) is 0 Å². The number of benzene rings is 1. The molecule has 4 rings (SSSR count). The van der Waals surface area contributed by atoms with Crippen molar-refractivity contribution < 1.29 is 4.79 Å². The molecular formula is C20H24N6O. The van der Waals surface area contributed by atoms with E-state index in [1.165, 1.54) is 0 Å². The molecule has 1 aliphatic rings. The fourth-order valence-electron chi connectivity index (χ4n) is 3.60. The van der Waals surface area contributed by atoms with Crippen molar-refractivity contribution in [2.24, 2.45) is 0 Å². The molecule has 7 heteroatoms. The molecule has 0 saturated carbocycles.